The van der Waals surface area contributed by atoms with E-state index in [-0.39, 0.29) is 24.9 Å². The molecule has 0 aliphatic carbocycles. The highest BCUT2D eigenvalue weighted by atomic mass is 32.4. The van der Waals surface area contributed by atoms with E-state index in [0.717, 1.165) is 11.1 Å². The summed E-state index contributed by atoms with van der Waals surface area (Å²) in [4.78, 5) is 44.3. The van der Waals surface area contributed by atoms with Gasteiger partial charge in [0.1, 0.15) is 0 Å². The molecule has 268 valence electrons. The van der Waals surface area contributed by atoms with Gasteiger partial charge in [-0.15, -0.1) is 5.10 Å². The van der Waals surface area contributed by atoms with Gasteiger partial charge >= 0.3 is 23.0 Å². The lowest BCUT2D eigenvalue weighted by atomic mass is 10.1. The van der Waals surface area contributed by atoms with E-state index >= 15 is 0 Å². The second kappa shape index (κ2) is 23.8. The quantitative estimate of drug-likeness (QED) is 0.0461. The third kappa shape index (κ3) is 17.4. The molecule has 0 aliphatic rings. The maximum atomic E-state index is 12.5. The molecule has 0 heterocycles. The average molecular weight is 815 g/mol. The first kappa shape index (κ1) is 43.5. The maximum absolute atomic E-state index is 12.5. The third-order valence-corrected chi connectivity index (χ3v) is 14.0. The Morgan fingerprint density at radius 2 is 1.59 bits per heavy atom. The van der Waals surface area contributed by atoms with E-state index in [4.69, 9.17) is 44.4 Å². The molecule has 0 fully saturated rings. The minimum atomic E-state index is -3.16. The van der Waals surface area contributed by atoms with Crippen molar-refractivity contribution in [3.05, 3.63) is 59.7 Å². The van der Waals surface area contributed by atoms with Crippen LogP contribution in [0.4, 0.5) is 0 Å². The second-order valence-corrected chi connectivity index (χ2v) is 19.0. The van der Waals surface area contributed by atoms with Gasteiger partial charge in [-0.3, -0.25) is 14.5 Å². The van der Waals surface area contributed by atoms with Crippen LogP contribution in [0.3, 0.4) is 0 Å². The molecule has 0 saturated carbocycles. The molecule has 0 aliphatic heterocycles. The lowest BCUT2D eigenvalue weighted by Gasteiger charge is -2.25. The van der Waals surface area contributed by atoms with Crippen molar-refractivity contribution in [3.8, 4) is 11.5 Å². The lowest BCUT2D eigenvalue weighted by molar-refractivity contribution is -0.121. The number of hydrogen-bond donors (Lipinski definition) is 4. The van der Waals surface area contributed by atoms with Crippen molar-refractivity contribution in [2.24, 2.45) is 14.5 Å². The van der Waals surface area contributed by atoms with E-state index in [2.05, 4.69) is 19.8 Å². The number of benzene rings is 2. The molecule has 1 unspecified atom stereocenters. The van der Waals surface area contributed by atoms with Crippen LogP contribution in [0, 0.1) is 5.16 Å². The molecule has 49 heavy (non-hydrogen) atoms. The van der Waals surface area contributed by atoms with E-state index in [1.165, 1.54) is 28.4 Å². The maximum Gasteiger partial charge on any atom is 0.540 e. The summed E-state index contributed by atoms with van der Waals surface area (Å²) >= 11 is 5.52. The van der Waals surface area contributed by atoms with Crippen molar-refractivity contribution in [1.82, 2.24) is 15.0 Å². The molecule has 2 aromatic rings. The zero-order chi connectivity index (χ0) is 36.1. The minimum Gasteiger partial charge on any atom is -0.356 e. The first-order chi connectivity index (χ1) is 23.5. The Bertz CT molecular complexity index is 1390. The van der Waals surface area contributed by atoms with Gasteiger partial charge in [0.25, 0.3) is 0 Å². The molecule has 0 saturated heterocycles. The minimum absolute atomic E-state index is 0.0161. The SMILES string of the molecule is CO[P+](O)(CN(CCCC(=O)NCCc1ccc(O[P+](=S)N(C)N=Cc2ccc(ON=PN=PP=N)cc2)cc1)C[P+](O)(OC)OC)OC. The van der Waals surface area contributed by atoms with Crippen molar-refractivity contribution in [3.63, 3.8) is 0 Å². The molecule has 2 aromatic carbocycles. The number of carbonyl (C=O) groups is 1. The molecule has 0 spiro atoms. The zero-order valence-corrected chi connectivity index (χ0v) is 33.9. The van der Waals surface area contributed by atoms with E-state index < -0.39 is 23.0 Å². The van der Waals surface area contributed by atoms with E-state index in [0.29, 0.717) is 62.1 Å². The van der Waals surface area contributed by atoms with Gasteiger partial charge in [-0.1, -0.05) is 16.9 Å². The van der Waals surface area contributed by atoms with Crippen LogP contribution in [0.25, 0.3) is 0 Å². The fourth-order valence-corrected chi connectivity index (χ4v) is 8.36. The lowest BCUT2D eigenvalue weighted by Crippen LogP contribution is -2.32. The van der Waals surface area contributed by atoms with E-state index in [1.807, 2.05) is 36.4 Å². The molecule has 0 bridgehead atoms. The average Bonchev–Trinajstić information content (AvgIpc) is 3.11. The number of nitrogens with zero attached hydrogens (tertiary/aromatic N) is 5. The molecule has 2 rings (SSSR count). The van der Waals surface area contributed by atoms with Gasteiger partial charge in [0.15, 0.2) is 24.1 Å². The number of rotatable bonds is 24. The fraction of sp³-hybridized carbons (Fsp3) is 0.462. The standard InChI is InChI=1S/C26H41N7O9P6S/c1-32(29-19-23-10-12-24(13-11-23)41-30-44-31-45-43-27)46(49)42-25-14-8-22(9-15-25)16-17-28-26(34)7-6-18-33(20-47(35,37-2)38-3)21-48(36,39-4)40-5/h8-15,19,27,35-36H,6-7,16-18,20-21H2,1-5H3/q+2/p+1. The first-order valence-corrected chi connectivity index (χ1v) is 23.4. The summed E-state index contributed by atoms with van der Waals surface area (Å²) in [6.07, 6.45) is 3.04. The molecule has 16 nitrogen and oxygen atoms in total. The summed E-state index contributed by atoms with van der Waals surface area (Å²) in [7, 11) is 0.829. The summed E-state index contributed by atoms with van der Waals surface area (Å²) in [6, 6.07) is 14.7. The van der Waals surface area contributed by atoms with Crippen molar-refractivity contribution in [1.29, 1.82) is 5.16 Å². The van der Waals surface area contributed by atoms with Gasteiger partial charge < -0.3 is 10.2 Å². The van der Waals surface area contributed by atoms with Gasteiger partial charge in [-0.25, -0.2) is 4.90 Å². The van der Waals surface area contributed by atoms with E-state index in [1.54, 1.807) is 35.1 Å². The largest absolute Gasteiger partial charge is 0.540 e. The molecular formula is C26H42N7O9P6S+3. The van der Waals surface area contributed by atoms with Crippen molar-refractivity contribution >= 4 is 71.5 Å². The smallest absolute Gasteiger partial charge is 0.356 e. The monoisotopic (exact) mass is 814 g/mol. The highest BCUT2D eigenvalue weighted by Crippen LogP contribution is 2.60. The Hall–Kier alpha value is -1.62. The van der Waals surface area contributed by atoms with Gasteiger partial charge in [-0.2, -0.15) is 32.4 Å². The predicted octanol–water partition coefficient (Wildman–Crippen LogP) is 7.65. The topological polar surface area (TPSA) is 192 Å². The number of nitrogens with one attached hydrogen (secondary N) is 2. The summed E-state index contributed by atoms with van der Waals surface area (Å²) in [5.74, 6) is 1.07. The summed E-state index contributed by atoms with van der Waals surface area (Å²) in [6.45, 7) is 0.824. The highest BCUT2D eigenvalue weighted by Gasteiger charge is 2.47. The van der Waals surface area contributed by atoms with E-state index in [9.17, 15) is 14.6 Å². The summed E-state index contributed by atoms with van der Waals surface area (Å²) in [5.41, 5.74) is 1.86. The third-order valence-electron chi connectivity index (χ3n) is 6.42. The molecule has 1 atom stereocenters. The molecule has 23 heteroatoms. The Labute approximate surface area is 298 Å². The Morgan fingerprint density at radius 1 is 1.00 bits per heavy atom. The summed E-state index contributed by atoms with van der Waals surface area (Å²) in [5, 5.41) is 14.3. The van der Waals surface area contributed by atoms with Crippen LogP contribution in [0.1, 0.15) is 24.0 Å². The number of hydrogen-bond acceptors (Lipinski definition) is 14. The van der Waals surface area contributed by atoms with Crippen LogP contribution < -0.4 is 14.7 Å². The Morgan fingerprint density at radius 3 is 2.16 bits per heavy atom. The van der Waals surface area contributed by atoms with Crippen LogP contribution in [0.15, 0.2) is 63.1 Å². The van der Waals surface area contributed by atoms with Crippen molar-refractivity contribution in [2.75, 3.05) is 61.1 Å². The van der Waals surface area contributed by atoms with Crippen LogP contribution in [0.2, 0.25) is 0 Å². The van der Waals surface area contributed by atoms with Gasteiger partial charge in [0.2, 0.25) is 26.2 Å². The van der Waals surface area contributed by atoms with Crippen LogP contribution in [-0.2, 0) is 41.1 Å². The van der Waals surface area contributed by atoms with Crippen molar-refractivity contribution < 1.29 is 42.0 Å². The Balaban J connectivity index is 1.76. The van der Waals surface area contributed by atoms with Crippen LogP contribution in [0.5, 0.6) is 11.5 Å². The molecule has 0 aromatic heterocycles. The number of hydrazone groups is 1. The Kier molecular flexibility index (Phi) is 21.1. The first-order valence-electron chi connectivity index (χ1n) is 14.4. The number of amides is 1. The van der Waals surface area contributed by atoms with Gasteiger partial charge in [0, 0.05) is 19.5 Å². The predicted molar refractivity (Wildman–Crippen MR) is 201 cm³/mol. The van der Waals surface area contributed by atoms with Gasteiger partial charge in [0.05, 0.1) is 57.8 Å². The normalized spacial score (nSPS) is 12.8. The molecule has 0 radical (unpaired) electrons. The summed E-state index contributed by atoms with van der Waals surface area (Å²) < 4.78 is 32.0. The highest BCUT2D eigenvalue weighted by molar-refractivity contribution is 8.02. The number of carbonyl (C=O) groups excluding carboxylic acids is 1. The van der Waals surface area contributed by atoms with Crippen LogP contribution >= 0.6 is 47.6 Å². The second-order valence-electron chi connectivity index (χ2n) is 9.70. The zero-order valence-electron chi connectivity index (χ0n) is 27.7. The molecule has 4 N–H and O–H groups in total. The van der Waals surface area contributed by atoms with Crippen LogP contribution in [-0.4, -0.2) is 92.7 Å². The van der Waals surface area contributed by atoms with Crippen molar-refractivity contribution in [2.45, 2.75) is 19.3 Å². The van der Waals surface area contributed by atoms with Gasteiger partial charge in [-0.05, 0) is 65.3 Å². The molecular weight excluding hydrogens is 772 g/mol. The molecule has 1 amide bonds. The fourth-order valence-electron chi connectivity index (χ4n) is 3.76.